The standard InChI is InChI=1S/C17H25BrN2O/c1-17(2,3)15(19)10-16(21)20(13-8-9-13)11-12-6-4-5-7-14(12)18/h4-7,13,15H,8-11,19H2,1-3H3. The van der Waals surface area contributed by atoms with E-state index in [9.17, 15) is 4.79 Å². The van der Waals surface area contributed by atoms with Crippen molar-refractivity contribution in [1.29, 1.82) is 0 Å². The lowest BCUT2D eigenvalue weighted by Crippen LogP contribution is -2.42. The molecule has 2 N–H and O–H groups in total. The van der Waals surface area contributed by atoms with Gasteiger partial charge in [-0.2, -0.15) is 0 Å². The number of hydrogen-bond acceptors (Lipinski definition) is 2. The summed E-state index contributed by atoms with van der Waals surface area (Å²) in [6, 6.07) is 8.38. The number of amides is 1. The Hall–Kier alpha value is -0.870. The van der Waals surface area contributed by atoms with Crippen LogP contribution >= 0.6 is 15.9 Å². The summed E-state index contributed by atoms with van der Waals surface area (Å²) in [6.45, 7) is 6.92. The van der Waals surface area contributed by atoms with Gasteiger partial charge in [0.1, 0.15) is 0 Å². The molecule has 1 aliphatic rings. The number of hydrogen-bond donors (Lipinski definition) is 1. The maximum Gasteiger partial charge on any atom is 0.224 e. The Balaban J connectivity index is 2.06. The van der Waals surface area contributed by atoms with Crippen LogP contribution in [-0.2, 0) is 11.3 Å². The van der Waals surface area contributed by atoms with Gasteiger partial charge in [0.2, 0.25) is 5.91 Å². The molecule has 1 saturated carbocycles. The predicted molar refractivity (Wildman–Crippen MR) is 89.8 cm³/mol. The molecule has 0 aliphatic heterocycles. The first kappa shape index (κ1) is 16.5. The first-order chi connectivity index (χ1) is 9.79. The van der Waals surface area contributed by atoms with E-state index in [0.29, 0.717) is 19.0 Å². The largest absolute Gasteiger partial charge is 0.335 e. The van der Waals surface area contributed by atoms with E-state index in [1.807, 2.05) is 23.1 Å². The van der Waals surface area contributed by atoms with Crippen molar-refractivity contribution in [2.75, 3.05) is 0 Å². The lowest BCUT2D eigenvalue weighted by molar-refractivity contribution is -0.133. The van der Waals surface area contributed by atoms with E-state index >= 15 is 0 Å². The Labute approximate surface area is 136 Å². The molecule has 116 valence electrons. The minimum Gasteiger partial charge on any atom is -0.335 e. The fourth-order valence-corrected chi connectivity index (χ4v) is 2.64. The molecular formula is C17H25BrN2O. The lowest BCUT2D eigenvalue weighted by atomic mass is 9.85. The topological polar surface area (TPSA) is 46.3 Å². The smallest absolute Gasteiger partial charge is 0.224 e. The van der Waals surface area contributed by atoms with Crippen LogP contribution in [0.25, 0.3) is 0 Å². The second-order valence-corrected chi connectivity index (χ2v) is 7.88. The molecule has 0 spiro atoms. The number of benzene rings is 1. The van der Waals surface area contributed by atoms with Crippen LogP contribution < -0.4 is 5.73 Å². The molecule has 0 radical (unpaired) electrons. The predicted octanol–water partition coefficient (Wildman–Crippen LogP) is 3.70. The third-order valence-electron chi connectivity index (χ3n) is 4.11. The molecule has 0 aromatic heterocycles. The minimum absolute atomic E-state index is 0.0434. The molecule has 2 rings (SSSR count). The average Bonchev–Trinajstić information content (AvgIpc) is 3.20. The monoisotopic (exact) mass is 352 g/mol. The van der Waals surface area contributed by atoms with Gasteiger partial charge in [0.15, 0.2) is 0 Å². The first-order valence-corrected chi connectivity index (χ1v) is 8.37. The van der Waals surface area contributed by atoms with Gasteiger partial charge in [-0.05, 0) is 29.9 Å². The highest BCUT2D eigenvalue weighted by Gasteiger charge is 2.34. The Morgan fingerprint density at radius 3 is 2.52 bits per heavy atom. The molecule has 4 heteroatoms. The second kappa shape index (κ2) is 6.49. The summed E-state index contributed by atoms with van der Waals surface area (Å²) in [5, 5.41) is 0. The maximum atomic E-state index is 12.6. The highest BCUT2D eigenvalue weighted by atomic mass is 79.9. The van der Waals surface area contributed by atoms with E-state index in [2.05, 4.69) is 42.8 Å². The van der Waals surface area contributed by atoms with Crippen LogP contribution in [-0.4, -0.2) is 22.9 Å². The molecular weight excluding hydrogens is 328 g/mol. The summed E-state index contributed by atoms with van der Waals surface area (Å²) < 4.78 is 1.06. The number of rotatable bonds is 5. The van der Waals surface area contributed by atoms with E-state index in [1.165, 1.54) is 0 Å². The van der Waals surface area contributed by atoms with Gasteiger partial charge in [-0.1, -0.05) is 54.9 Å². The zero-order chi connectivity index (χ0) is 15.6. The van der Waals surface area contributed by atoms with Crippen molar-refractivity contribution < 1.29 is 4.79 Å². The van der Waals surface area contributed by atoms with Crippen molar-refractivity contribution in [1.82, 2.24) is 4.90 Å². The van der Waals surface area contributed by atoms with Crippen LogP contribution in [0.5, 0.6) is 0 Å². The quantitative estimate of drug-likeness (QED) is 0.877. The van der Waals surface area contributed by atoms with E-state index in [-0.39, 0.29) is 17.4 Å². The highest BCUT2D eigenvalue weighted by molar-refractivity contribution is 9.10. The molecule has 1 aromatic rings. The van der Waals surface area contributed by atoms with Crippen LogP contribution in [0.15, 0.2) is 28.7 Å². The third-order valence-corrected chi connectivity index (χ3v) is 4.89. The summed E-state index contributed by atoms with van der Waals surface area (Å²) in [5.41, 5.74) is 7.29. The maximum absolute atomic E-state index is 12.6. The fraction of sp³-hybridized carbons (Fsp3) is 0.588. The molecule has 0 saturated heterocycles. The van der Waals surface area contributed by atoms with Crippen molar-refractivity contribution in [2.24, 2.45) is 11.1 Å². The van der Waals surface area contributed by atoms with Crippen molar-refractivity contribution in [3.05, 3.63) is 34.3 Å². The van der Waals surface area contributed by atoms with Gasteiger partial charge in [0, 0.05) is 29.5 Å². The Bertz CT molecular complexity index is 506. The van der Waals surface area contributed by atoms with Crippen molar-refractivity contribution in [3.8, 4) is 0 Å². The molecule has 3 nitrogen and oxygen atoms in total. The van der Waals surface area contributed by atoms with E-state index in [0.717, 1.165) is 22.9 Å². The van der Waals surface area contributed by atoms with Crippen molar-refractivity contribution in [2.45, 2.75) is 58.7 Å². The van der Waals surface area contributed by atoms with Gasteiger partial charge in [0.05, 0.1) is 0 Å². The third kappa shape index (κ3) is 4.55. The lowest BCUT2D eigenvalue weighted by Gasteiger charge is -2.30. The number of nitrogens with zero attached hydrogens (tertiary/aromatic N) is 1. The summed E-state index contributed by atoms with van der Waals surface area (Å²) in [4.78, 5) is 14.6. The number of nitrogens with two attached hydrogens (primary N) is 1. The molecule has 1 aromatic carbocycles. The van der Waals surface area contributed by atoms with Crippen LogP contribution in [0, 0.1) is 5.41 Å². The van der Waals surface area contributed by atoms with Crippen molar-refractivity contribution in [3.63, 3.8) is 0 Å². The van der Waals surface area contributed by atoms with E-state index in [4.69, 9.17) is 5.73 Å². The van der Waals surface area contributed by atoms with Gasteiger partial charge in [-0.15, -0.1) is 0 Å². The second-order valence-electron chi connectivity index (χ2n) is 7.02. The number of halogens is 1. The Kier molecular flexibility index (Phi) is 5.10. The van der Waals surface area contributed by atoms with Gasteiger partial charge >= 0.3 is 0 Å². The molecule has 1 atom stereocenters. The zero-order valence-electron chi connectivity index (χ0n) is 13.1. The molecule has 0 heterocycles. The van der Waals surface area contributed by atoms with Crippen LogP contribution in [0.4, 0.5) is 0 Å². The van der Waals surface area contributed by atoms with Gasteiger partial charge in [-0.3, -0.25) is 4.79 Å². The van der Waals surface area contributed by atoms with E-state index < -0.39 is 0 Å². The van der Waals surface area contributed by atoms with Crippen molar-refractivity contribution >= 4 is 21.8 Å². The number of carbonyl (C=O) groups excluding carboxylic acids is 1. The zero-order valence-corrected chi connectivity index (χ0v) is 14.7. The summed E-state index contributed by atoms with van der Waals surface area (Å²) in [5.74, 6) is 0.177. The first-order valence-electron chi connectivity index (χ1n) is 7.57. The average molecular weight is 353 g/mol. The number of carbonyl (C=O) groups is 1. The van der Waals surface area contributed by atoms with Crippen LogP contribution in [0.3, 0.4) is 0 Å². The summed E-state index contributed by atoms with van der Waals surface area (Å²) in [6.07, 6.45) is 2.65. The Morgan fingerprint density at radius 1 is 1.38 bits per heavy atom. The van der Waals surface area contributed by atoms with Gasteiger partial charge in [-0.25, -0.2) is 0 Å². The summed E-state index contributed by atoms with van der Waals surface area (Å²) in [7, 11) is 0. The SMILES string of the molecule is CC(C)(C)C(N)CC(=O)N(Cc1ccccc1Br)C1CC1. The molecule has 1 unspecified atom stereocenters. The molecule has 21 heavy (non-hydrogen) atoms. The van der Waals surface area contributed by atoms with Gasteiger partial charge < -0.3 is 10.6 Å². The normalized spacial score (nSPS) is 16.6. The molecule has 1 amide bonds. The summed E-state index contributed by atoms with van der Waals surface area (Å²) >= 11 is 3.56. The van der Waals surface area contributed by atoms with Crippen LogP contribution in [0.2, 0.25) is 0 Å². The molecule has 0 bridgehead atoms. The highest BCUT2D eigenvalue weighted by Crippen LogP contribution is 2.31. The van der Waals surface area contributed by atoms with Crippen LogP contribution in [0.1, 0.15) is 45.6 Å². The minimum atomic E-state index is -0.106. The molecule has 1 fully saturated rings. The van der Waals surface area contributed by atoms with E-state index in [1.54, 1.807) is 0 Å². The fourth-order valence-electron chi connectivity index (χ4n) is 2.23. The molecule has 1 aliphatic carbocycles. The van der Waals surface area contributed by atoms with Gasteiger partial charge in [0.25, 0.3) is 0 Å². The Morgan fingerprint density at radius 2 is 2.00 bits per heavy atom.